The first kappa shape index (κ1) is 14.3. The van der Waals surface area contributed by atoms with Gasteiger partial charge < -0.3 is 10.0 Å². The number of amides is 1. The zero-order valence-corrected chi connectivity index (χ0v) is 12.3. The minimum atomic E-state index is 0.136. The molecule has 2 atom stereocenters. The number of nitrogens with zero attached hydrogens (tertiary/aromatic N) is 1. The Labute approximate surface area is 119 Å². The second-order valence-corrected chi connectivity index (χ2v) is 6.20. The number of hydrogen-bond donors (Lipinski definition) is 1. The van der Waals surface area contributed by atoms with Crippen molar-refractivity contribution in [3.63, 3.8) is 0 Å². The van der Waals surface area contributed by atoms with E-state index in [1.807, 2.05) is 29.8 Å². The summed E-state index contributed by atoms with van der Waals surface area (Å²) >= 11 is 1.86. The Bertz CT molecular complexity index is 450. The van der Waals surface area contributed by atoms with Crippen molar-refractivity contribution in [3.05, 3.63) is 29.8 Å². The highest BCUT2D eigenvalue weighted by molar-refractivity contribution is 7.99. The Balaban J connectivity index is 1.99. The maximum atomic E-state index is 12.3. The second-order valence-electron chi connectivity index (χ2n) is 5.12. The van der Waals surface area contributed by atoms with Gasteiger partial charge in [-0.05, 0) is 36.8 Å². The molecule has 19 heavy (non-hydrogen) atoms. The van der Waals surface area contributed by atoms with E-state index in [0.717, 1.165) is 12.0 Å². The molecule has 2 rings (SSSR count). The predicted molar refractivity (Wildman–Crippen MR) is 79.5 cm³/mol. The average Bonchev–Trinajstić information content (AvgIpc) is 2.86. The van der Waals surface area contributed by atoms with Crippen molar-refractivity contribution in [1.29, 1.82) is 0 Å². The van der Waals surface area contributed by atoms with E-state index in [9.17, 15) is 9.90 Å². The minimum Gasteiger partial charge on any atom is -0.508 e. The summed E-state index contributed by atoms with van der Waals surface area (Å²) < 4.78 is 0. The van der Waals surface area contributed by atoms with E-state index in [4.69, 9.17) is 0 Å². The van der Waals surface area contributed by atoms with E-state index < -0.39 is 0 Å². The molecule has 104 valence electrons. The first-order chi connectivity index (χ1) is 9.11. The van der Waals surface area contributed by atoms with Crippen LogP contribution in [0.2, 0.25) is 0 Å². The lowest BCUT2D eigenvalue weighted by atomic mass is 10.1. The number of benzene rings is 1. The average molecular weight is 279 g/mol. The minimum absolute atomic E-state index is 0.136. The van der Waals surface area contributed by atoms with E-state index in [0.29, 0.717) is 17.7 Å². The number of aromatic hydroxyl groups is 1. The van der Waals surface area contributed by atoms with Crippen LogP contribution in [0.25, 0.3) is 0 Å². The van der Waals surface area contributed by atoms with Crippen LogP contribution in [0.5, 0.6) is 5.75 Å². The van der Waals surface area contributed by atoms with Crippen LogP contribution in [-0.4, -0.2) is 40.5 Å². The number of carbonyl (C=O) groups excluding carboxylic acids is 1. The molecule has 4 heteroatoms. The molecular formula is C15H21NO2S. The summed E-state index contributed by atoms with van der Waals surface area (Å²) in [4.78, 5) is 14.2. The van der Waals surface area contributed by atoms with Crippen molar-refractivity contribution in [2.45, 2.75) is 37.0 Å². The summed E-state index contributed by atoms with van der Waals surface area (Å²) in [7, 11) is 1.91. The number of hydrogen-bond acceptors (Lipinski definition) is 3. The summed E-state index contributed by atoms with van der Waals surface area (Å²) in [6.45, 7) is 0. The van der Waals surface area contributed by atoms with Gasteiger partial charge in [0.25, 0.3) is 0 Å². The quantitative estimate of drug-likeness (QED) is 0.921. The van der Waals surface area contributed by atoms with E-state index in [1.165, 1.54) is 12.8 Å². The molecule has 1 aliphatic carbocycles. The molecular weight excluding hydrogens is 258 g/mol. The van der Waals surface area contributed by atoms with Crippen LogP contribution < -0.4 is 0 Å². The fourth-order valence-electron chi connectivity index (χ4n) is 2.78. The summed E-state index contributed by atoms with van der Waals surface area (Å²) in [5.41, 5.74) is 0.871. The molecule has 1 aliphatic rings. The smallest absolute Gasteiger partial charge is 0.227 e. The number of phenolic OH excluding ortho intramolecular Hbond substituents is 1. The maximum absolute atomic E-state index is 12.3. The van der Waals surface area contributed by atoms with Crippen LogP contribution in [0.1, 0.15) is 24.8 Å². The molecule has 1 fully saturated rings. The third-order valence-corrected chi connectivity index (χ3v) is 5.03. The van der Waals surface area contributed by atoms with Crippen LogP contribution in [0.15, 0.2) is 24.3 Å². The lowest BCUT2D eigenvalue weighted by Gasteiger charge is -2.29. The largest absolute Gasteiger partial charge is 0.508 e. The standard InChI is InChI=1S/C15H21NO2S/c1-16(13-7-4-8-14(13)19-2)15(18)10-11-5-3-6-12(17)9-11/h3,5-6,9,13-14,17H,4,7-8,10H2,1-2H3. The number of thioether (sulfide) groups is 1. The molecule has 0 saturated heterocycles. The van der Waals surface area contributed by atoms with Crippen molar-refractivity contribution in [3.8, 4) is 5.75 Å². The van der Waals surface area contributed by atoms with E-state index >= 15 is 0 Å². The van der Waals surface area contributed by atoms with Gasteiger partial charge in [0, 0.05) is 18.3 Å². The van der Waals surface area contributed by atoms with Crippen LogP contribution in [0.4, 0.5) is 0 Å². The number of rotatable bonds is 4. The molecule has 1 saturated carbocycles. The highest BCUT2D eigenvalue weighted by Gasteiger charge is 2.31. The van der Waals surface area contributed by atoms with Gasteiger partial charge in [0.15, 0.2) is 0 Å². The van der Waals surface area contributed by atoms with Crippen LogP contribution in [-0.2, 0) is 11.2 Å². The Kier molecular flexibility index (Phi) is 4.75. The topological polar surface area (TPSA) is 40.5 Å². The molecule has 0 heterocycles. The third-order valence-electron chi connectivity index (χ3n) is 3.88. The van der Waals surface area contributed by atoms with Gasteiger partial charge in [0.2, 0.25) is 5.91 Å². The Morgan fingerprint density at radius 3 is 2.95 bits per heavy atom. The van der Waals surface area contributed by atoms with Gasteiger partial charge >= 0.3 is 0 Å². The van der Waals surface area contributed by atoms with Crippen molar-refractivity contribution in [2.24, 2.45) is 0 Å². The van der Waals surface area contributed by atoms with Crippen LogP contribution >= 0.6 is 11.8 Å². The molecule has 0 aromatic heterocycles. The SMILES string of the molecule is CSC1CCCC1N(C)C(=O)Cc1cccc(O)c1. The van der Waals surface area contributed by atoms with Gasteiger partial charge in [-0.25, -0.2) is 0 Å². The fourth-order valence-corrected chi connectivity index (χ4v) is 3.81. The second kappa shape index (κ2) is 6.33. The van der Waals surface area contributed by atoms with Gasteiger partial charge in [-0.1, -0.05) is 18.6 Å². The van der Waals surface area contributed by atoms with E-state index in [-0.39, 0.29) is 11.7 Å². The van der Waals surface area contributed by atoms with Gasteiger partial charge in [0.05, 0.1) is 6.42 Å². The van der Waals surface area contributed by atoms with E-state index in [1.54, 1.807) is 18.2 Å². The lowest BCUT2D eigenvalue weighted by molar-refractivity contribution is -0.131. The molecule has 0 radical (unpaired) electrons. The summed E-state index contributed by atoms with van der Waals surface area (Å²) in [5.74, 6) is 0.354. The monoisotopic (exact) mass is 279 g/mol. The van der Waals surface area contributed by atoms with Gasteiger partial charge in [-0.15, -0.1) is 0 Å². The van der Waals surface area contributed by atoms with Crippen molar-refractivity contribution < 1.29 is 9.90 Å². The van der Waals surface area contributed by atoms with Crippen LogP contribution in [0, 0.1) is 0 Å². The zero-order chi connectivity index (χ0) is 13.8. The number of carbonyl (C=O) groups is 1. The third kappa shape index (κ3) is 3.44. The number of phenols is 1. The summed E-state index contributed by atoms with van der Waals surface area (Å²) in [6, 6.07) is 7.30. The Morgan fingerprint density at radius 1 is 1.47 bits per heavy atom. The van der Waals surface area contributed by atoms with Crippen molar-refractivity contribution in [2.75, 3.05) is 13.3 Å². The van der Waals surface area contributed by atoms with Gasteiger partial charge in [-0.3, -0.25) is 4.79 Å². The van der Waals surface area contributed by atoms with Gasteiger partial charge in [-0.2, -0.15) is 11.8 Å². The number of likely N-dealkylation sites (N-methyl/N-ethyl adjacent to an activating group) is 1. The summed E-state index contributed by atoms with van der Waals surface area (Å²) in [6.07, 6.45) is 6.00. The fraction of sp³-hybridized carbons (Fsp3) is 0.533. The molecule has 0 spiro atoms. The molecule has 1 N–H and O–H groups in total. The highest BCUT2D eigenvalue weighted by atomic mass is 32.2. The lowest BCUT2D eigenvalue weighted by Crippen LogP contribution is -2.41. The Hall–Kier alpha value is -1.16. The predicted octanol–water partition coefficient (Wildman–Crippen LogP) is 2.68. The molecule has 0 aliphatic heterocycles. The van der Waals surface area contributed by atoms with Crippen molar-refractivity contribution >= 4 is 17.7 Å². The summed E-state index contributed by atoms with van der Waals surface area (Å²) in [5, 5.41) is 10.00. The molecule has 3 nitrogen and oxygen atoms in total. The van der Waals surface area contributed by atoms with Gasteiger partial charge in [0.1, 0.15) is 5.75 Å². The first-order valence-corrected chi connectivity index (χ1v) is 7.97. The molecule has 1 amide bonds. The highest BCUT2D eigenvalue weighted by Crippen LogP contribution is 2.31. The van der Waals surface area contributed by atoms with E-state index in [2.05, 4.69) is 6.26 Å². The molecule has 1 aromatic carbocycles. The van der Waals surface area contributed by atoms with Crippen molar-refractivity contribution in [1.82, 2.24) is 4.90 Å². The molecule has 2 unspecified atom stereocenters. The van der Waals surface area contributed by atoms with Crippen LogP contribution in [0.3, 0.4) is 0 Å². The molecule has 1 aromatic rings. The Morgan fingerprint density at radius 2 is 2.26 bits per heavy atom. The maximum Gasteiger partial charge on any atom is 0.227 e. The first-order valence-electron chi connectivity index (χ1n) is 6.68. The molecule has 0 bridgehead atoms. The zero-order valence-electron chi connectivity index (χ0n) is 11.5. The normalized spacial score (nSPS) is 22.4.